The van der Waals surface area contributed by atoms with E-state index in [0.29, 0.717) is 5.56 Å². The molecule has 2 aromatic rings. The van der Waals surface area contributed by atoms with Crippen molar-refractivity contribution in [3.63, 3.8) is 0 Å². The summed E-state index contributed by atoms with van der Waals surface area (Å²) in [6, 6.07) is 9.75. The highest BCUT2D eigenvalue weighted by atomic mass is 19.2. The van der Waals surface area contributed by atoms with Crippen molar-refractivity contribution in [3.8, 4) is 0 Å². The molecule has 0 aromatic heterocycles. The molecule has 0 aliphatic carbocycles. The number of halogens is 2. The third kappa shape index (κ3) is 3.88. The van der Waals surface area contributed by atoms with E-state index in [9.17, 15) is 18.4 Å². The lowest BCUT2D eigenvalue weighted by Crippen LogP contribution is -2.21. The first-order chi connectivity index (χ1) is 10.5. The Morgan fingerprint density at radius 2 is 1.82 bits per heavy atom. The fraction of sp³-hybridized carbons (Fsp3) is 0.125. The summed E-state index contributed by atoms with van der Waals surface area (Å²) in [5.41, 5.74) is 1.17. The normalized spacial score (nSPS) is 10.1. The van der Waals surface area contributed by atoms with Gasteiger partial charge < -0.3 is 10.1 Å². The highest BCUT2D eigenvalue weighted by molar-refractivity contribution is 5.96. The smallest absolute Gasteiger partial charge is 0.338 e. The maximum absolute atomic E-state index is 13.0. The van der Waals surface area contributed by atoms with Gasteiger partial charge in [-0.25, -0.2) is 13.6 Å². The minimum Gasteiger partial charge on any atom is -0.452 e. The Hall–Kier alpha value is -2.76. The van der Waals surface area contributed by atoms with Gasteiger partial charge in [-0.3, -0.25) is 4.79 Å². The molecule has 2 rings (SSSR count). The van der Waals surface area contributed by atoms with Crippen LogP contribution in [0.25, 0.3) is 0 Å². The standard InChI is InChI=1S/C16H13F2NO3/c1-10-4-2-3-5-12(10)16(21)22-9-15(20)19-11-6-7-13(17)14(18)8-11/h2-8H,9H2,1H3,(H,19,20). The monoisotopic (exact) mass is 305 g/mol. The van der Waals surface area contributed by atoms with Crippen molar-refractivity contribution in [2.75, 3.05) is 11.9 Å². The van der Waals surface area contributed by atoms with Gasteiger partial charge in [-0.05, 0) is 30.7 Å². The average molecular weight is 305 g/mol. The molecule has 0 radical (unpaired) electrons. The molecule has 0 bridgehead atoms. The van der Waals surface area contributed by atoms with Gasteiger partial charge in [-0.2, -0.15) is 0 Å². The largest absolute Gasteiger partial charge is 0.452 e. The first kappa shape index (κ1) is 15.6. The van der Waals surface area contributed by atoms with Gasteiger partial charge in [0.05, 0.1) is 5.56 Å². The molecule has 0 heterocycles. The molecule has 1 amide bonds. The second-order valence-corrected chi connectivity index (χ2v) is 4.57. The molecule has 2 aromatic carbocycles. The zero-order chi connectivity index (χ0) is 16.1. The van der Waals surface area contributed by atoms with Crippen LogP contribution in [-0.2, 0) is 9.53 Å². The summed E-state index contributed by atoms with van der Waals surface area (Å²) in [5.74, 6) is -3.36. The average Bonchev–Trinajstić information content (AvgIpc) is 2.49. The number of hydrogen-bond acceptors (Lipinski definition) is 3. The van der Waals surface area contributed by atoms with Crippen LogP contribution in [0, 0.1) is 18.6 Å². The van der Waals surface area contributed by atoms with Crippen LogP contribution < -0.4 is 5.32 Å². The summed E-state index contributed by atoms with van der Waals surface area (Å²) in [5, 5.41) is 2.31. The molecule has 114 valence electrons. The predicted molar refractivity (Wildman–Crippen MR) is 76.4 cm³/mol. The van der Waals surface area contributed by atoms with E-state index in [1.807, 2.05) is 0 Å². The summed E-state index contributed by atoms with van der Waals surface area (Å²) in [6.07, 6.45) is 0. The number of carbonyl (C=O) groups is 2. The van der Waals surface area contributed by atoms with Crippen molar-refractivity contribution in [1.29, 1.82) is 0 Å². The predicted octanol–water partition coefficient (Wildman–Crippen LogP) is 3.07. The van der Waals surface area contributed by atoms with Crippen LogP contribution in [-0.4, -0.2) is 18.5 Å². The van der Waals surface area contributed by atoms with Crippen LogP contribution >= 0.6 is 0 Å². The molecule has 0 aliphatic rings. The first-order valence-corrected chi connectivity index (χ1v) is 6.45. The molecule has 1 N–H and O–H groups in total. The lowest BCUT2D eigenvalue weighted by molar-refractivity contribution is -0.119. The van der Waals surface area contributed by atoms with Crippen molar-refractivity contribution in [3.05, 3.63) is 65.2 Å². The summed E-state index contributed by atoms with van der Waals surface area (Å²) < 4.78 is 30.6. The van der Waals surface area contributed by atoms with Crippen LogP contribution in [0.15, 0.2) is 42.5 Å². The molecule has 0 unspecified atom stereocenters. The third-order valence-corrected chi connectivity index (χ3v) is 2.90. The zero-order valence-corrected chi connectivity index (χ0v) is 11.7. The highest BCUT2D eigenvalue weighted by Crippen LogP contribution is 2.13. The number of aryl methyl sites for hydroxylation is 1. The molecule has 6 heteroatoms. The Bertz CT molecular complexity index is 716. The SMILES string of the molecule is Cc1ccccc1C(=O)OCC(=O)Nc1ccc(F)c(F)c1. The topological polar surface area (TPSA) is 55.4 Å². The minimum atomic E-state index is -1.07. The Labute approximate surface area is 125 Å². The number of anilines is 1. The fourth-order valence-corrected chi connectivity index (χ4v) is 1.78. The first-order valence-electron chi connectivity index (χ1n) is 6.45. The Balaban J connectivity index is 1.91. The van der Waals surface area contributed by atoms with Gasteiger partial charge in [0.25, 0.3) is 5.91 Å². The maximum atomic E-state index is 13.0. The summed E-state index contributed by atoms with van der Waals surface area (Å²) in [7, 11) is 0. The van der Waals surface area contributed by atoms with Crippen LogP contribution in [0.1, 0.15) is 15.9 Å². The number of hydrogen-bond donors (Lipinski definition) is 1. The van der Waals surface area contributed by atoms with E-state index in [0.717, 1.165) is 17.7 Å². The van der Waals surface area contributed by atoms with Crippen LogP contribution in [0.2, 0.25) is 0 Å². The minimum absolute atomic E-state index is 0.0795. The Morgan fingerprint density at radius 1 is 1.09 bits per heavy atom. The maximum Gasteiger partial charge on any atom is 0.338 e. The molecule has 0 atom stereocenters. The lowest BCUT2D eigenvalue weighted by atomic mass is 10.1. The number of carbonyl (C=O) groups excluding carboxylic acids is 2. The number of esters is 1. The number of ether oxygens (including phenoxy) is 1. The molecular weight excluding hydrogens is 292 g/mol. The summed E-state index contributed by atoms with van der Waals surface area (Å²) in [4.78, 5) is 23.4. The lowest BCUT2D eigenvalue weighted by Gasteiger charge is -2.08. The van der Waals surface area contributed by atoms with Gasteiger partial charge in [0, 0.05) is 11.8 Å². The van der Waals surface area contributed by atoms with Crippen molar-refractivity contribution in [2.24, 2.45) is 0 Å². The fourth-order valence-electron chi connectivity index (χ4n) is 1.78. The van der Waals surface area contributed by atoms with E-state index in [2.05, 4.69) is 5.32 Å². The Kier molecular flexibility index (Phi) is 4.83. The number of rotatable bonds is 4. The molecular formula is C16H13F2NO3. The van der Waals surface area contributed by atoms with E-state index in [1.54, 1.807) is 31.2 Å². The van der Waals surface area contributed by atoms with Gasteiger partial charge in [0.1, 0.15) is 0 Å². The number of amides is 1. The van der Waals surface area contributed by atoms with E-state index >= 15 is 0 Å². The van der Waals surface area contributed by atoms with Crippen molar-refractivity contribution < 1.29 is 23.1 Å². The van der Waals surface area contributed by atoms with Crippen LogP contribution in [0.5, 0.6) is 0 Å². The van der Waals surface area contributed by atoms with E-state index in [4.69, 9.17) is 4.74 Å². The molecule has 4 nitrogen and oxygen atoms in total. The van der Waals surface area contributed by atoms with E-state index in [-0.39, 0.29) is 5.69 Å². The van der Waals surface area contributed by atoms with Gasteiger partial charge >= 0.3 is 5.97 Å². The number of nitrogens with one attached hydrogen (secondary N) is 1. The van der Waals surface area contributed by atoms with Gasteiger partial charge in [0.15, 0.2) is 18.2 Å². The Morgan fingerprint density at radius 3 is 2.50 bits per heavy atom. The highest BCUT2D eigenvalue weighted by Gasteiger charge is 2.12. The van der Waals surface area contributed by atoms with E-state index in [1.165, 1.54) is 6.07 Å². The molecule has 0 saturated heterocycles. The van der Waals surface area contributed by atoms with E-state index < -0.39 is 30.1 Å². The van der Waals surface area contributed by atoms with Crippen LogP contribution in [0.4, 0.5) is 14.5 Å². The van der Waals surface area contributed by atoms with Crippen molar-refractivity contribution in [1.82, 2.24) is 0 Å². The second kappa shape index (κ2) is 6.80. The summed E-state index contributed by atoms with van der Waals surface area (Å²) >= 11 is 0. The molecule has 0 aliphatic heterocycles. The van der Waals surface area contributed by atoms with Gasteiger partial charge in [-0.1, -0.05) is 18.2 Å². The molecule has 22 heavy (non-hydrogen) atoms. The van der Waals surface area contributed by atoms with Gasteiger partial charge in [0.2, 0.25) is 0 Å². The second-order valence-electron chi connectivity index (χ2n) is 4.57. The van der Waals surface area contributed by atoms with Gasteiger partial charge in [-0.15, -0.1) is 0 Å². The quantitative estimate of drug-likeness (QED) is 0.883. The third-order valence-electron chi connectivity index (χ3n) is 2.90. The molecule has 0 spiro atoms. The van der Waals surface area contributed by atoms with Crippen molar-refractivity contribution >= 4 is 17.6 Å². The molecule has 0 fully saturated rings. The molecule has 0 saturated carbocycles. The van der Waals surface area contributed by atoms with Crippen molar-refractivity contribution in [2.45, 2.75) is 6.92 Å². The summed E-state index contributed by atoms with van der Waals surface area (Å²) in [6.45, 7) is 1.23. The number of benzene rings is 2. The zero-order valence-electron chi connectivity index (χ0n) is 11.7. The van der Waals surface area contributed by atoms with Crippen LogP contribution in [0.3, 0.4) is 0 Å².